The van der Waals surface area contributed by atoms with Crippen molar-refractivity contribution in [2.24, 2.45) is 0 Å². The van der Waals surface area contributed by atoms with Crippen LogP contribution in [-0.2, 0) is 4.79 Å². The van der Waals surface area contributed by atoms with Crippen molar-refractivity contribution < 1.29 is 4.79 Å². The molecule has 1 atom stereocenters. The maximum Gasteiger partial charge on any atom is 0.237 e. The van der Waals surface area contributed by atoms with Gasteiger partial charge in [-0.05, 0) is 81.5 Å². The second kappa shape index (κ2) is 7.22. The zero-order valence-electron chi connectivity index (χ0n) is 14.8. The van der Waals surface area contributed by atoms with Crippen LogP contribution in [0.1, 0.15) is 34.7 Å². The summed E-state index contributed by atoms with van der Waals surface area (Å²) in [6, 6.07) is 10.1. The summed E-state index contributed by atoms with van der Waals surface area (Å²) in [6.07, 6.45) is 0. The van der Waals surface area contributed by atoms with Crippen molar-refractivity contribution in [3.05, 3.63) is 58.1 Å². The molecule has 0 saturated carbocycles. The number of benzene rings is 2. The Morgan fingerprint density at radius 2 is 1.61 bits per heavy atom. The number of hydrogen-bond donors (Lipinski definition) is 1. The third kappa shape index (κ3) is 4.17. The lowest BCUT2D eigenvalue weighted by atomic mass is 10.0. The molecule has 2 rings (SSSR count). The van der Waals surface area contributed by atoms with Crippen LogP contribution < -0.4 is 5.32 Å². The molecule has 0 spiro atoms. The molecule has 1 amide bonds. The third-order valence-corrected chi connectivity index (χ3v) is 5.66. The van der Waals surface area contributed by atoms with E-state index in [9.17, 15) is 4.79 Å². The van der Waals surface area contributed by atoms with Gasteiger partial charge in [0.25, 0.3) is 0 Å². The number of rotatable bonds is 4. The highest BCUT2D eigenvalue weighted by molar-refractivity contribution is 8.00. The predicted molar refractivity (Wildman–Crippen MR) is 101 cm³/mol. The Morgan fingerprint density at radius 3 is 2.17 bits per heavy atom. The Kier molecular flexibility index (Phi) is 5.53. The van der Waals surface area contributed by atoms with Crippen molar-refractivity contribution >= 4 is 23.4 Å². The van der Waals surface area contributed by atoms with Crippen molar-refractivity contribution in [2.45, 2.75) is 51.7 Å². The number of amides is 1. The number of thioether (sulfide) groups is 1. The summed E-state index contributed by atoms with van der Waals surface area (Å²) in [5, 5.41) is 2.87. The van der Waals surface area contributed by atoms with Gasteiger partial charge in [0.05, 0.1) is 5.25 Å². The monoisotopic (exact) mass is 327 g/mol. The summed E-state index contributed by atoms with van der Waals surface area (Å²) in [6.45, 7) is 12.5. The molecule has 0 heterocycles. The van der Waals surface area contributed by atoms with Gasteiger partial charge >= 0.3 is 0 Å². The molecule has 0 aliphatic heterocycles. The lowest BCUT2D eigenvalue weighted by Gasteiger charge is -2.18. The summed E-state index contributed by atoms with van der Waals surface area (Å²) in [5.74, 6) is 0.0403. The molecule has 2 nitrogen and oxygen atoms in total. The molecule has 0 unspecified atom stereocenters. The van der Waals surface area contributed by atoms with Crippen molar-refractivity contribution in [3.8, 4) is 0 Å². The van der Waals surface area contributed by atoms with Crippen molar-refractivity contribution in [1.82, 2.24) is 0 Å². The molecular weight excluding hydrogens is 302 g/mol. The normalized spacial score (nSPS) is 12.1. The van der Waals surface area contributed by atoms with E-state index in [4.69, 9.17) is 0 Å². The molecule has 122 valence electrons. The van der Waals surface area contributed by atoms with Gasteiger partial charge in [-0.1, -0.05) is 18.2 Å². The van der Waals surface area contributed by atoms with Crippen LogP contribution in [0.15, 0.2) is 35.2 Å². The fourth-order valence-corrected chi connectivity index (χ4v) is 3.75. The Morgan fingerprint density at radius 1 is 1.00 bits per heavy atom. The first-order chi connectivity index (χ1) is 10.8. The maximum atomic E-state index is 12.5. The standard InChI is InChI=1S/C20H25NOS/c1-12-8-7-9-18(10-12)21-20(22)17(6)23-19-15(4)13(2)11-14(3)16(19)5/h7-11,17H,1-6H3,(H,21,22)/t17-/m1/s1. The van der Waals surface area contributed by atoms with Crippen LogP contribution in [-0.4, -0.2) is 11.2 Å². The van der Waals surface area contributed by atoms with Gasteiger partial charge in [-0.25, -0.2) is 0 Å². The second-order valence-electron chi connectivity index (χ2n) is 6.21. The van der Waals surface area contributed by atoms with E-state index in [2.05, 4.69) is 39.1 Å². The number of aryl methyl sites for hydroxylation is 3. The third-order valence-electron chi connectivity index (χ3n) is 4.25. The molecule has 0 aromatic heterocycles. The van der Waals surface area contributed by atoms with Gasteiger partial charge in [-0.2, -0.15) is 0 Å². The van der Waals surface area contributed by atoms with Crippen LogP contribution in [0, 0.1) is 34.6 Å². The molecule has 3 heteroatoms. The van der Waals surface area contributed by atoms with Crippen LogP contribution in [0.2, 0.25) is 0 Å². The van der Waals surface area contributed by atoms with E-state index in [1.807, 2.05) is 38.1 Å². The lowest BCUT2D eigenvalue weighted by molar-refractivity contribution is -0.115. The molecule has 0 aliphatic carbocycles. The Labute approximate surface area is 143 Å². The number of anilines is 1. The molecule has 0 saturated heterocycles. The predicted octanol–water partition coefficient (Wildman–Crippen LogP) is 5.35. The van der Waals surface area contributed by atoms with Gasteiger partial charge in [0.2, 0.25) is 5.91 Å². The quantitative estimate of drug-likeness (QED) is 0.767. The highest BCUT2D eigenvalue weighted by Gasteiger charge is 2.18. The molecule has 23 heavy (non-hydrogen) atoms. The van der Waals surface area contributed by atoms with E-state index in [0.29, 0.717) is 0 Å². The van der Waals surface area contributed by atoms with Gasteiger partial charge in [-0.15, -0.1) is 11.8 Å². The molecule has 0 radical (unpaired) electrons. The van der Waals surface area contributed by atoms with E-state index in [-0.39, 0.29) is 11.2 Å². The molecule has 0 aliphatic rings. The van der Waals surface area contributed by atoms with Crippen LogP contribution in [0.3, 0.4) is 0 Å². The zero-order valence-corrected chi connectivity index (χ0v) is 15.6. The van der Waals surface area contributed by atoms with Crippen LogP contribution >= 0.6 is 11.8 Å². The van der Waals surface area contributed by atoms with Gasteiger partial charge in [0.1, 0.15) is 0 Å². The molecule has 1 N–H and O–H groups in total. The van der Waals surface area contributed by atoms with Crippen molar-refractivity contribution in [3.63, 3.8) is 0 Å². The molecule has 0 bridgehead atoms. The Hall–Kier alpha value is -1.74. The van der Waals surface area contributed by atoms with Crippen LogP contribution in [0.5, 0.6) is 0 Å². The Bertz CT molecular complexity index is 710. The molecule has 2 aromatic carbocycles. The minimum atomic E-state index is -0.144. The summed E-state index contributed by atoms with van der Waals surface area (Å²) < 4.78 is 0. The number of nitrogens with one attached hydrogen (secondary N) is 1. The smallest absolute Gasteiger partial charge is 0.237 e. The minimum Gasteiger partial charge on any atom is -0.325 e. The first kappa shape index (κ1) is 17.6. The first-order valence-electron chi connectivity index (χ1n) is 7.91. The largest absolute Gasteiger partial charge is 0.325 e. The highest BCUT2D eigenvalue weighted by Crippen LogP contribution is 2.33. The summed E-state index contributed by atoms with van der Waals surface area (Å²) >= 11 is 1.64. The van der Waals surface area contributed by atoms with Gasteiger partial charge < -0.3 is 5.32 Å². The number of hydrogen-bond acceptors (Lipinski definition) is 2. The van der Waals surface area contributed by atoms with Crippen molar-refractivity contribution in [2.75, 3.05) is 5.32 Å². The first-order valence-corrected chi connectivity index (χ1v) is 8.79. The minimum absolute atomic E-state index is 0.0403. The lowest BCUT2D eigenvalue weighted by Crippen LogP contribution is -2.22. The molecular formula is C20H25NOS. The van der Waals surface area contributed by atoms with Gasteiger partial charge in [0.15, 0.2) is 0 Å². The van der Waals surface area contributed by atoms with Crippen molar-refractivity contribution in [1.29, 1.82) is 0 Å². The summed E-state index contributed by atoms with van der Waals surface area (Å²) in [7, 11) is 0. The average Bonchev–Trinajstić information content (AvgIpc) is 2.49. The topological polar surface area (TPSA) is 29.1 Å². The Balaban J connectivity index is 2.16. The average molecular weight is 327 g/mol. The van der Waals surface area contributed by atoms with Gasteiger partial charge in [-0.3, -0.25) is 4.79 Å². The maximum absolute atomic E-state index is 12.5. The van der Waals surface area contributed by atoms with E-state index in [1.165, 1.54) is 27.1 Å². The van der Waals surface area contributed by atoms with Crippen LogP contribution in [0.4, 0.5) is 5.69 Å². The van der Waals surface area contributed by atoms with E-state index >= 15 is 0 Å². The fourth-order valence-electron chi connectivity index (χ4n) is 2.55. The zero-order chi connectivity index (χ0) is 17.1. The highest BCUT2D eigenvalue weighted by atomic mass is 32.2. The molecule has 0 fully saturated rings. The van der Waals surface area contributed by atoms with E-state index < -0.39 is 0 Å². The van der Waals surface area contributed by atoms with Gasteiger partial charge in [0, 0.05) is 10.6 Å². The van der Waals surface area contributed by atoms with E-state index in [1.54, 1.807) is 11.8 Å². The summed E-state index contributed by atoms with van der Waals surface area (Å²) in [5.41, 5.74) is 7.10. The van der Waals surface area contributed by atoms with Crippen LogP contribution in [0.25, 0.3) is 0 Å². The fraction of sp³-hybridized carbons (Fsp3) is 0.350. The molecule has 2 aromatic rings. The summed E-state index contributed by atoms with van der Waals surface area (Å²) in [4.78, 5) is 13.7. The number of carbonyl (C=O) groups excluding carboxylic acids is 1. The second-order valence-corrected chi connectivity index (χ2v) is 7.56. The van der Waals surface area contributed by atoms with E-state index in [0.717, 1.165) is 11.3 Å². The SMILES string of the molecule is Cc1cccc(NC(=O)[C@@H](C)Sc2c(C)c(C)cc(C)c2C)c1. The number of carbonyl (C=O) groups is 1.